The van der Waals surface area contributed by atoms with Crippen LogP contribution in [0.5, 0.6) is 0 Å². The van der Waals surface area contributed by atoms with Crippen molar-refractivity contribution >= 4 is 24.6 Å². The molecule has 0 N–H and O–H groups in total. The zero-order valence-electron chi connectivity index (χ0n) is 12.8. The van der Waals surface area contributed by atoms with Gasteiger partial charge in [0.15, 0.2) is 0 Å². The number of pyridine rings is 1. The molecule has 1 aliphatic carbocycles. The van der Waals surface area contributed by atoms with Crippen LogP contribution < -0.4 is 0 Å². The second-order valence-corrected chi connectivity index (χ2v) is 6.05. The molecule has 3 heterocycles. The predicted molar refractivity (Wildman–Crippen MR) is 89.4 cm³/mol. The zero-order valence-corrected chi connectivity index (χ0v) is 12.8. The minimum Gasteiger partial charge on any atom is -0.326 e. The fourth-order valence-corrected chi connectivity index (χ4v) is 3.77. The Balaban J connectivity index is 1.88. The molecule has 6 nitrogen and oxygen atoms in total. The zero-order chi connectivity index (χ0) is 16.5. The predicted octanol–water partition coefficient (Wildman–Crippen LogP) is 1.58. The fourth-order valence-electron chi connectivity index (χ4n) is 3.77. The van der Waals surface area contributed by atoms with Gasteiger partial charge in [-0.15, -0.1) is 0 Å². The first-order valence-electron chi connectivity index (χ1n) is 7.89. The van der Waals surface area contributed by atoms with Crippen molar-refractivity contribution in [3.05, 3.63) is 54.6 Å². The maximum absolute atomic E-state index is 11.7. The van der Waals surface area contributed by atoms with E-state index in [2.05, 4.69) is 9.98 Å². The van der Waals surface area contributed by atoms with Gasteiger partial charge in [0.2, 0.25) is 0 Å². The molecule has 2 aliphatic heterocycles. The maximum atomic E-state index is 11.7. The highest BCUT2D eigenvalue weighted by atomic mass is 16.1. The van der Waals surface area contributed by atoms with Crippen molar-refractivity contribution in [3.63, 3.8) is 0 Å². The number of hydrogen-bond donors (Lipinski definition) is 0. The van der Waals surface area contributed by atoms with Crippen LogP contribution in [0.15, 0.2) is 58.9 Å². The Bertz CT molecular complexity index is 768. The number of carbonyl (C=O) groups is 2. The van der Waals surface area contributed by atoms with Crippen LogP contribution in [0.3, 0.4) is 0 Å². The number of allylic oxidation sites excluding steroid dienone is 1. The number of carbonyl (C=O) groups excluding carboxylic acids is 2. The highest BCUT2D eigenvalue weighted by molar-refractivity contribution is 6.30. The van der Waals surface area contributed by atoms with Gasteiger partial charge >= 0.3 is 0 Å². The third-order valence-electron chi connectivity index (χ3n) is 4.82. The second kappa shape index (κ2) is 5.96. The van der Waals surface area contributed by atoms with Crippen molar-refractivity contribution in [1.82, 2.24) is 9.88 Å². The number of aldehydes is 2. The SMILES string of the molecule is O=CC1C=CC(C=O)C2C1C(c1ccccn1)N=C1C=NC=CN12. The quantitative estimate of drug-likeness (QED) is 0.626. The number of aromatic nitrogens is 1. The first-order valence-corrected chi connectivity index (χ1v) is 7.89. The summed E-state index contributed by atoms with van der Waals surface area (Å²) in [5.74, 6) is -0.0754. The normalized spacial score (nSPS) is 33.4. The van der Waals surface area contributed by atoms with Gasteiger partial charge in [-0.1, -0.05) is 18.2 Å². The van der Waals surface area contributed by atoms with Gasteiger partial charge in [-0.05, 0) is 12.1 Å². The van der Waals surface area contributed by atoms with E-state index >= 15 is 0 Å². The van der Waals surface area contributed by atoms with Gasteiger partial charge in [-0.25, -0.2) is 0 Å². The molecule has 4 rings (SSSR count). The molecule has 0 amide bonds. The number of amidine groups is 1. The maximum Gasteiger partial charge on any atom is 0.147 e. The number of nitrogens with zero attached hydrogens (tertiary/aromatic N) is 4. The number of fused-ring (bicyclic) bond motifs is 3. The molecule has 5 unspecified atom stereocenters. The molecule has 24 heavy (non-hydrogen) atoms. The van der Waals surface area contributed by atoms with E-state index in [1.165, 1.54) is 0 Å². The minimum atomic E-state index is -0.309. The van der Waals surface area contributed by atoms with Gasteiger partial charge in [-0.2, -0.15) is 0 Å². The molecule has 0 saturated carbocycles. The summed E-state index contributed by atoms with van der Waals surface area (Å²) in [5.41, 5.74) is 0.800. The lowest BCUT2D eigenvalue weighted by Crippen LogP contribution is -2.55. The van der Waals surface area contributed by atoms with Gasteiger partial charge in [-0.3, -0.25) is 15.0 Å². The van der Waals surface area contributed by atoms with Crippen molar-refractivity contribution in [2.24, 2.45) is 27.7 Å². The summed E-state index contributed by atoms with van der Waals surface area (Å²) in [5, 5.41) is 0. The number of rotatable bonds is 3. The largest absolute Gasteiger partial charge is 0.326 e. The van der Waals surface area contributed by atoms with E-state index in [9.17, 15) is 9.59 Å². The van der Waals surface area contributed by atoms with Crippen LogP contribution in [0.1, 0.15) is 11.7 Å². The molecule has 0 saturated heterocycles. The summed E-state index contributed by atoms with van der Waals surface area (Å²) in [6, 6.07) is 5.20. The van der Waals surface area contributed by atoms with Gasteiger partial charge in [0.1, 0.15) is 24.4 Å². The van der Waals surface area contributed by atoms with Crippen molar-refractivity contribution < 1.29 is 9.59 Å². The molecule has 1 aromatic rings. The summed E-state index contributed by atoms with van der Waals surface area (Å²) in [7, 11) is 0. The van der Waals surface area contributed by atoms with E-state index < -0.39 is 0 Å². The standard InChI is InChI=1S/C18H16N4O2/c23-10-12-4-5-13(11-24)18-16(12)17(14-3-1-2-6-20-14)21-15-9-19-7-8-22(15)18/h1-13,16-18H. The van der Waals surface area contributed by atoms with E-state index in [1.54, 1.807) is 18.6 Å². The molecule has 5 atom stereocenters. The Morgan fingerprint density at radius 2 is 1.92 bits per heavy atom. The van der Waals surface area contributed by atoms with Crippen LogP contribution >= 0.6 is 0 Å². The van der Waals surface area contributed by atoms with Crippen LogP contribution in [0, 0.1) is 17.8 Å². The molecule has 0 spiro atoms. The van der Waals surface area contributed by atoms with Crippen LogP contribution in [-0.2, 0) is 9.59 Å². The number of hydrogen-bond acceptors (Lipinski definition) is 6. The first kappa shape index (κ1) is 14.7. The lowest BCUT2D eigenvalue weighted by molar-refractivity contribution is -0.116. The van der Waals surface area contributed by atoms with Gasteiger partial charge in [0, 0.05) is 30.4 Å². The second-order valence-electron chi connectivity index (χ2n) is 6.05. The van der Waals surface area contributed by atoms with E-state index in [0.717, 1.165) is 18.3 Å². The highest BCUT2D eigenvalue weighted by Crippen LogP contribution is 2.44. The van der Waals surface area contributed by atoms with Crippen LogP contribution in [0.2, 0.25) is 0 Å². The van der Waals surface area contributed by atoms with E-state index in [1.807, 2.05) is 41.5 Å². The molecule has 0 bridgehead atoms. The van der Waals surface area contributed by atoms with Gasteiger partial charge in [0.05, 0.1) is 23.9 Å². The molecule has 120 valence electrons. The average Bonchev–Trinajstić information content (AvgIpc) is 2.67. The van der Waals surface area contributed by atoms with Crippen molar-refractivity contribution in [3.8, 4) is 0 Å². The van der Waals surface area contributed by atoms with Crippen LogP contribution in [0.4, 0.5) is 0 Å². The van der Waals surface area contributed by atoms with E-state index in [4.69, 9.17) is 4.99 Å². The van der Waals surface area contributed by atoms with Gasteiger partial charge < -0.3 is 14.5 Å². The Kier molecular flexibility index (Phi) is 3.65. The Morgan fingerprint density at radius 3 is 2.67 bits per heavy atom. The summed E-state index contributed by atoms with van der Waals surface area (Å²) in [6.45, 7) is 0. The molecule has 0 radical (unpaired) electrons. The third kappa shape index (κ3) is 2.22. The topological polar surface area (TPSA) is 75.0 Å². The highest BCUT2D eigenvalue weighted by Gasteiger charge is 2.48. The summed E-state index contributed by atoms with van der Waals surface area (Å²) < 4.78 is 0. The molecule has 6 heteroatoms. The van der Waals surface area contributed by atoms with Crippen molar-refractivity contribution in [1.29, 1.82) is 0 Å². The number of aliphatic imine (C=N–C) groups is 2. The third-order valence-corrected chi connectivity index (χ3v) is 4.82. The summed E-state index contributed by atoms with van der Waals surface area (Å²) >= 11 is 0. The Hall–Kier alpha value is -2.89. The molecule has 1 aromatic heterocycles. The van der Waals surface area contributed by atoms with Crippen molar-refractivity contribution in [2.45, 2.75) is 12.1 Å². The van der Waals surface area contributed by atoms with Gasteiger partial charge in [0.25, 0.3) is 0 Å². The average molecular weight is 320 g/mol. The first-order chi connectivity index (χ1) is 11.8. The molecule has 0 fully saturated rings. The van der Waals surface area contributed by atoms with Crippen LogP contribution in [-0.4, -0.2) is 40.5 Å². The lowest BCUT2D eigenvalue weighted by atomic mass is 9.69. The fraction of sp³-hybridized carbons (Fsp3) is 0.278. The van der Waals surface area contributed by atoms with E-state index in [0.29, 0.717) is 5.84 Å². The summed E-state index contributed by atoms with van der Waals surface area (Å²) in [6.07, 6.45) is 12.4. The molecular weight excluding hydrogens is 304 g/mol. The van der Waals surface area contributed by atoms with Crippen LogP contribution in [0.25, 0.3) is 0 Å². The Morgan fingerprint density at radius 1 is 1.08 bits per heavy atom. The van der Waals surface area contributed by atoms with Crippen molar-refractivity contribution in [2.75, 3.05) is 0 Å². The molecule has 3 aliphatic rings. The smallest absolute Gasteiger partial charge is 0.147 e. The monoisotopic (exact) mass is 320 g/mol. The summed E-state index contributed by atoms with van der Waals surface area (Å²) in [4.78, 5) is 38.7. The molecule has 0 aromatic carbocycles. The lowest BCUT2D eigenvalue weighted by Gasteiger charge is -2.48. The minimum absolute atomic E-state index is 0.155. The van der Waals surface area contributed by atoms with E-state index in [-0.39, 0.29) is 29.8 Å². The Labute approximate surface area is 139 Å². The molecular formula is C18H16N4O2.